The van der Waals surface area contributed by atoms with E-state index in [1.165, 1.54) is 18.2 Å². The van der Waals surface area contributed by atoms with Crippen molar-refractivity contribution in [2.75, 3.05) is 4.90 Å². The van der Waals surface area contributed by atoms with Gasteiger partial charge >= 0.3 is 0 Å². The van der Waals surface area contributed by atoms with E-state index in [0.29, 0.717) is 27.8 Å². The number of carboxylic acid groups (broad SMARTS) is 1. The largest absolute Gasteiger partial charge is 0.545 e. The molecular weight excluding hydrogens is 414 g/mol. The van der Waals surface area contributed by atoms with Crippen LogP contribution in [0.2, 0.25) is 5.02 Å². The van der Waals surface area contributed by atoms with Gasteiger partial charge in [-0.3, -0.25) is 9.59 Å². The van der Waals surface area contributed by atoms with Gasteiger partial charge < -0.3 is 14.3 Å². The zero-order chi connectivity index (χ0) is 20.5. The SMILES string of the molecule is O=C([O-])c1ccc(-c2ccc(/C=C3/SC(=O)N(c4ccc(Cl)cc4)C3=O)o2)cc1. The van der Waals surface area contributed by atoms with E-state index < -0.39 is 17.1 Å². The number of nitrogens with zero attached hydrogens (tertiary/aromatic N) is 1. The molecule has 0 spiro atoms. The number of aromatic carboxylic acids is 1. The lowest BCUT2D eigenvalue weighted by molar-refractivity contribution is -0.255. The average Bonchev–Trinajstić information content (AvgIpc) is 3.28. The van der Waals surface area contributed by atoms with Gasteiger partial charge in [0.15, 0.2) is 0 Å². The summed E-state index contributed by atoms with van der Waals surface area (Å²) in [4.78, 5) is 37.1. The second-order valence-corrected chi connectivity index (χ2v) is 7.49. The Kier molecular flexibility index (Phi) is 5.00. The maximum Gasteiger partial charge on any atom is 0.298 e. The molecule has 3 aromatic rings. The standard InChI is InChI=1S/C21H12ClNO5S/c22-14-5-7-15(8-6-14)23-19(24)18(29-21(23)27)11-16-9-10-17(28-16)12-1-3-13(4-2-12)20(25)26/h1-11H,(H,25,26)/p-1/b18-11+. The molecule has 8 heteroatoms. The number of imide groups is 1. The van der Waals surface area contributed by atoms with Crippen LogP contribution in [-0.2, 0) is 4.79 Å². The van der Waals surface area contributed by atoms with Gasteiger partial charge in [-0.05, 0) is 53.7 Å². The molecule has 6 nitrogen and oxygen atoms in total. The van der Waals surface area contributed by atoms with E-state index >= 15 is 0 Å². The molecule has 0 atom stereocenters. The maximum atomic E-state index is 12.7. The Hall–Kier alpha value is -3.29. The molecule has 2 aromatic carbocycles. The molecule has 1 fully saturated rings. The molecule has 0 radical (unpaired) electrons. The minimum absolute atomic E-state index is 0.0661. The summed E-state index contributed by atoms with van der Waals surface area (Å²) in [5, 5.41) is 10.9. The predicted molar refractivity (Wildman–Crippen MR) is 108 cm³/mol. The van der Waals surface area contributed by atoms with Crippen molar-refractivity contribution in [1.82, 2.24) is 0 Å². The minimum Gasteiger partial charge on any atom is -0.545 e. The molecule has 144 valence electrons. The van der Waals surface area contributed by atoms with Crippen LogP contribution in [0, 0.1) is 0 Å². The van der Waals surface area contributed by atoms with Crippen molar-refractivity contribution < 1.29 is 23.9 Å². The van der Waals surface area contributed by atoms with Gasteiger partial charge in [0.25, 0.3) is 11.1 Å². The predicted octanol–water partition coefficient (Wildman–Crippen LogP) is 4.20. The van der Waals surface area contributed by atoms with E-state index in [4.69, 9.17) is 16.0 Å². The normalized spacial score (nSPS) is 15.3. The molecular formula is C21H11ClNO5S-. The van der Waals surface area contributed by atoms with Crippen molar-refractivity contribution in [3.05, 3.63) is 81.9 Å². The minimum atomic E-state index is -1.26. The molecule has 29 heavy (non-hydrogen) atoms. The average molecular weight is 425 g/mol. The molecule has 1 aromatic heterocycles. The molecule has 1 saturated heterocycles. The summed E-state index contributed by atoms with van der Waals surface area (Å²) in [5.41, 5.74) is 1.17. The molecule has 1 aliphatic rings. The number of furan rings is 1. The zero-order valence-corrected chi connectivity index (χ0v) is 16.2. The van der Waals surface area contributed by atoms with Crippen LogP contribution in [0.3, 0.4) is 0 Å². The number of hydrogen-bond donors (Lipinski definition) is 0. The summed E-state index contributed by atoms with van der Waals surface area (Å²) >= 11 is 6.67. The second-order valence-electron chi connectivity index (χ2n) is 6.06. The molecule has 4 rings (SSSR count). The number of anilines is 1. The lowest BCUT2D eigenvalue weighted by Gasteiger charge is -2.11. The van der Waals surface area contributed by atoms with Crippen LogP contribution >= 0.6 is 23.4 Å². The van der Waals surface area contributed by atoms with Crippen molar-refractivity contribution in [2.45, 2.75) is 0 Å². The smallest absolute Gasteiger partial charge is 0.298 e. The van der Waals surface area contributed by atoms with Crippen LogP contribution in [0.25, 0.3) is 17.4 Å². The molecule has 2 heterocycles. The monoisotopic (exact) mass is 424 g/mol. The summed E-state index contributed by atoms with van der Waals surface area (Å²) in [7, 11) is 0. The van der Waals surface area contributed by atoms with Gasteiger partial charge in [0, 0.05) is 16.7 Å². The Bertz CT molecular complexity index is 1150. The number of carbonyl (C=O) groups excluding carboxylic acids is 3. The first-order chi connectivity index (χ1) is 13.9. The van der Waals surface area contributed by atoms with Crippen LogP contribution in [0.4, 0.5) is 10.5 Å². The van der Waals surface area contributed by atoms with Gasteiger partial charge in [0.2, 0.25) is 0 Å². The number of thioether (sulfide) groups is 1. The van der Waals surface area contributed by atoms with Gasteiger partial charge in [-0.25, -0.2) is 4.90 Å². The van der Waals surface area contributed by atoms with Crippen LogP contribution in [0.5, 0.6) is 0 Å². The molecule has 2 amide bonds. The lowest BCUT2D eigenvalue weighted by atomic mass is 10.1. The Morgan fingerprint density at radius 1 is 1.00 bits per heavy atom. The number of halogens is 1. The van der Waals surface area contributed by atoms with Crippen LogP contribution in [0.15, 0.2) is 70.0 Å². The number of amides is 2. The topological polar surface area (TPSA) is 90.6 Å². The first-order valence-electron chi connectivity index (χ1n) is 8.37. The first-order valence-corrected chi connectivity index (χ1v) is 9.57. The van der Waals surface area contributed by atoms with E-state index in [1.54, 1.807) is 48.5 Å². The third-order valence-corrected chi connectivity index (χ3v) is 5.31. The van der Waals surface area contributed by atoms with E-state index in [2.05, 4.69) is 0 Å². The van der Waals surface area contributed by atoms with Gasteiger partial charge in [0.1, 0.15) is 11.5 Å². The highest BCUT2D eigenvalue weighted by Gasteiger charge is 2.36. The van der Waals surface area contributed by atoms with Crippen molar-refractivity contribution in [2.24, 2.45) is 0 Å². The summed E-state index contributed by atoms with van der Waals surface area (Å²) in [6, 6.07) is 15.8. The van der Waals surface area contributed by atoms with Crippen molar-refractivity contribution in [3.63, 3.8) is 0 Å². The molecule has 0 saturated carbocycles. The Labute approximate surface area is 174 Å². The van der Waals surface area contributed by atoms with Gasteiger partial charge in [-0.15, -0.1) is 0 Å². The quantitative estimate of drug-likeness (QED) is 0.583. The van der Waals surface area contributed by atoms with Crippen LogP contribution < -0.4 is 10.0 Å². The fourth-order valence-electron chi connectivity index (χ4n) is 2.77. The van der Waals surface area contributed by atoms with E-state index in [-0.39, 0.29) is 10.5 Å². The Balaban J connectivity index is 1.57. The Morgan fingerprint density at radius 3 is 2.34 bits per heavy atom. The first kappa shape index (κ1) is 19.0. The summed E-state index contributed by atoms with van der Waals surface area (Å²) in [6.45, 7) is 0. The van der Waals surface area contributed by atoms with E-state index in [0.717, 1.165) is 16.7 Å². The van der Waals surface area contributed by atoms with E-state index in [1.807, 2.05) is 0 Å². The molecule has 0 bridgehead atoms. The van der Waals surface area contributed by atoms with Crippen LogP contribution in [0.1, 0.15) is 16.1 Å². The maximum absolute atomic E-state index is 12.7. The van der Waals surface area contributed by atoms with Crippen LogP contribution in [-0.4, -0.2) is 17.1 Å². The fraction of sp³-hybridized carbons (Fsp3) is 0. The zero-order valence-electron chi connectivity index (χ0n) is 14.6. The second kappa shape index (κ2) is 7.62. The van der Waals surface area contributed by atoms with Gasteiger partial charge in [0.05, 0.1) is 16.6 Å². The lowest BCUT2D eigenvalue weighted by Crippen LogP contribution is -2.27. The number of hydrogen-bond acceptors (Lipinski definition) is 6. The van der Waals surface area contributed by atoms with E-state index in [9.17, 15) is 19.5 Å². The third kappa shape index (κ3) is 3.83. The number of rotatable bonds is 4. The van der Waals surface area contributed by atoms with Gasteiger partial charge in [-0.2, -0.15) is 0 Å². The molecule has 0 aliphatic carbocycles. The molecule has 0 unspecified atom stereocenters. The van der Waals surface area contributed by atoms with Gasteiger partial charge in [-0.1, -0.05) is 35.9 Å². The number of benzene rings is 2. The highest BCUT2D eigenvalue weighted by atomic mass is 35.5. The highest BCUT2D eigenvalue weighted by Crippen LogP contribution is 2.36. The number of carboxylic acids is 1. The van der Waals surface area contributed by atoms with Crippen molar-refractivity contribution in [1.29, 1.82) is 0 Å². The van der Waals surface area contributed by atoms with Crippen molar-refractivity contribution >= 4 is 52.2 Å². The summed E-state index contributed by atoms with van der Waals surface area (Å²) in [5.74, 6) is -0.810. The highest BCUT2D eigenvalue weighted by molar-refractivity contribution is 8.19. The Morgan fingerprint density at radius 2 is 1.69 bits per heavy atom. The summed E-state index contributed by atoms with van der Waals surface area (Å²) in [6.07, 6.45) is 1.50. The van der Waals surface area contributed by atoms with Crippen molar-refractivity contribution in [3.8, 4) is 11.3 Å². The number of carbonyl (C=O) groups is 3. The third-order valence-electron chi connectivity index (χ3n) is 4.18. The molecule has 0 N–H and O–H groups in total. The summed E-state index contributed by atoms with van der Waals surface area (Å²) < 4.78 is 5.72. The fourth-order valence-corrected chi connectivity index (χ4v) is 3.71. The molecule has 1 aliphatic heterocycles.